The maximum Gasteiger partial charge on any atom is 0.350 e. The number of carbonyl (C=O) groups is 3. The molecule has 0 atom stereocenters. The lowest BCUT2D eigenvalue weighted by molar-refractivity contribution is -0.119. The molecule has 6 heteroatoms. The minimum Gasteiger partial charge on any atom is -0.398 e. The number of rotatable bonds is 4. The van der Waals surface area contributed by atoms with Gasteiger partial charge in [0.05, 0.1) is 0 Å². The summed E-state index contributed by atoms with van der Waals surface area (Å²) in [5, 5.41) is 0. The molecule has 126 valence electrons. The lowest BCUT2D eigenvalue weighted by Gasteiger charge is -2.12. The summed E-state index contributed by atoms with van der Waals surface area (Å²) in [6.07, 6.45) is 2.94. The van der Waals surface area contributed by atoms with Gasteiger partial charge in [0.25, 0.3) is 5.91 Å². The van der Waals surface area contributed by atoms with Crippen LogP contribution in [-0.2, 0) is 16.0 Å². The van der Waals surface area contributed by atoms with E-state index in [-0.39, 0.29) is 17.9 Å². The third-order valence-corrected chi connectivity index (χ3v) is 3.33. The lowest BCUT2D eigenvalue weighted by atomic mass is 9.95. The second-order valence-corrected chi connectivity index (χ2v) is 4.89. The average molecular weight is 327 g/mol. The fourth-order valence-electron chi connectivity index (χ4n) is 2.11. The predicted octanol–water partition coefficient (Wildman–Crippen LogP) is 2.47. The molecule has 2 radical (unpaired) electrons. The van der Waals surface area contributed by atoms with Crippen molar-refractivity contribution >= 4 is 35.2 Å². The van der Waals surface area contributed by atoms with Crippen molar-refractivity contribution in [2.24, 2.45) is 4.99 Å². The highest BCUT2D eigenvalue weighted by atomic mass is 16.2. The van der Waals surface area contributed by atoms with Crippen LogP contribution < -0.4 is 5.73 Å². The quantitative estimate of drug-likeness (QED) is 0.679. The Morgan fingerprint density at radius 2 is 1.96 bits per heavy atom. The molecule has 0 spiro atoms. The van der Waals surface area contributed by atoms with E-state index in [4.69, 9.17) is 5.73 Å². The molecule has 3 amide bonds. The number of benzene rings is 1. The van der Waals surface area contributed by atoms with Gasteiger partial charge in [-0.1, -0.05) is 26.0 Å². The maximum absolute atomic E-state index is 11.9. The first-order valence-electron chi connectivity index (χ1n) is 7.48. The van der Waals surface area contributed by atoms with Crippen LogP contribution >= 0.6 is 0 Å². The van der Waals surface area contributed by atoms with Gasteiger partial charge in [0.1, 0.15) is 5.71 Å². The van der Waals surface area contributed by atoms with Crippen LogP contribution in [0.15, 0.2) is 23.2 Å². The molecule has 0 aromatic heterocycles. The Bertz CT molecular complexity index is 733. The van der Waals surface area contributed by atoms with Crippen molar-refractivity contribution in [3.8, 4) is 0 Å². The summed E-state index contributed by atoms with van der Waals surface area (Å²) < 4.78 is 0. The molecule has 0 saturated carbocycles. The molecule has 1 aliphatic rings. The first-order valence-corrected chi connectivity index (χ1v) is 7.48. The highest BCUT2D eigenvalue weighted by Crippen LogP contribution is 2.24. The number of imide groups is 1. The number of amides is 3. The van der Waals surface area contributed by atoms with Crippen molar-refractivity contribution in [1.29, 1.82) is 0 Å². The third-order valence-electron chi connectivity index (χ3n) is 3.33. The standard InChI is InChI=1S/C16H15N3O3.C2H6/c1-9-4-7-13(17)12(11(9)6-5-10(2)20)8-14-15(21)19(3)16(22)18-14;1-2/h4-7H,1-2,8,17H2,3H3;1-2H3/b6-5-;. The number of carbonyl (C=O) groups excluding carboxylic acids is 3. The van der Waals surface area contributed by atoms with Crippen molar-refractivity contribution in [3.63, 3.8) is 0 Å². The molecule has 0 fully saturated rings. The molecule has 2 N–H and O–H groups in total. The van der Waals surface area contributed by atoms with Gasteiger partial charge in [-0.15, -0.1) is 0 Å². The average Bonchev–Trinajstić information content (AvgIpc) is 2.79. The molecular formula is C18H21N3O3. The van der Waals surface area contributed by atoms with Gasteiger partial charge in [0, 0.05) is 26.1 Å². The fourth-order valence-corrected chi connectivity index (χ4v) is 2.11. The zero-order valence-corrected chi connectivity index (χ0v) is 14.1. The lowest BCUT2D eigenvalue weighted by Crippen LogP contribution is -2.29. The van der Waals surface area contributed by atoms with Crippen LogP contribution in [0, 0.1) is 13.8 Å². The minimum absolute atomic E-state index is 0.0924. The Morgan fingerprint density at radius 1 is 1.33 bits per heavy atom. The molecule has 1 aromatic rings. The first-order chi connectivity index (χ1) is 11.3. The van der Waals surface area contributed by atoms with E-state index >= 15 is 0 Å². The van der Waals surface area contributed by atoms with Gasteiger partial charge >= 0.3 is 6.03 Å². The molecule has 0 aliphatic carbocycles. The van der Waals surface area contributed by atoms with E-state index in [0.717, 1.165) is 4.90 Å². The molecule has 6 nitrogen and oxygen atoms in total. The largest absolute Gasteiger partial charge is 0.398 e. The number of hydrogen-bond acceptors (Lipinski definition) is 4. The SMILES string of the molecule is CC.[CH2]C(=O)/C=C\c1c([CH2])ccc(N)c1CC1=NC(=O)N(C)C1=O. The monoisotopic (exact) mass is 327 g/mol. The summed E-state index contributed by atoms with van der Waals surface area (Å²) in [5.74, 6) is -0.820. The van der Waals surface area contributed by atoms with Crippen LogP contribution in [0.1, 0.15) is 30.5 Å². The normalized spacial score (nSPS) is 13.9. The van der Waals surface area contributed by atoms with Gasteiger partial charge < -0.3 is 5.73 Å². The van der Waals surface area contributed by atoms with Crippen LogP contribution in [0.2, 0.25) is 0 Å². The molecular weight excluding hydrogens is 306 g/mol. The molecule has 0 bridgehead atoms. The van der Waals surface area contributed by atoms with Crippen molar-refractivity contribution in [2.45, 2.75) is 20.3 Å². The summed E-state index contributed by atoms with van der Waals surface area (Å²) >= 11 is 0. The number of anilines is 1. The van der Waals surface area contributed by atoms with Gasteiger partial charge in [0.15, 0.2) is 5.78 Å². The van der Waals surface area contributed by atoms with E-state index < -0.39 is 11.9 Å². The van der Waals surface area contributed by atoms with Crippen molar-refractivity contribution in [3.05, 3.63) is 48.7 Å². The number of hydrogen-bond donors (Lipinski definition) is 1. The Morgan fingerprint density at radius 3 is 2.46 bits per heavy atom. The number of ketones is 1. The molecule has 24 heavy (non-hydrogen) atoms. The summed E-state index contributed by atoms with van der Waals surface area (Å²) in [6.45, 7) is 11.1. The van der Waals surface area contributed by atoms with E-state index in [0.29, 0.717) is 22.4 Å². The molecule has 1 heterocycles. The van der Waals surface area contributed by atoms with E-state index in [2.05, 4.69) is 18.8 Å². The highest BCUT2D eigenvalue weighted by Gasteiger charge is 2.30. The number of nitrogen functional groups attached to an aromatic ring is 1. The number of urea groups is 1. The number of nitrogens with two attached hydrogens (primary N) is 1. The van der Waals surface area contributed by atoms with Gasteiger partial charge in [-0.3, -0.25) is 14.5 Å². The Labute approximate surface area is 142 Å². The zero-order valence-electron chi connectivity index (χ0n) is 14.1. The van der Waals surface area contributed by atoms with E-state index in [1.54, 1.807) is 18.2 Å². The predicted molar refractivity (Wildman–Crippen MR) is 95.4 cm³/mol. The third kappa shape index (κ3) is 4.16. The van der Waals surface area contributed by atoms with Gasteiger partial charge in [-0.05, 0) is 35.8 Å². The molecule has 1 aromatic carbocycles. The molecule has 0 unspecified atom stereocenters. The molecule has 2 rings (SSSR count). The van der Waals surface area contributed by atoms with Crippen LogP contribution in [0.25, 0.3) is 6.08 Å². The Balaban J connectivity index is 0.00000139. The summed E-state index contributed by atoms with van der Waals surface area (Å²) in [7, 11) is 1.37. The molecule has 1 aliphatic heterocycles. The van der Waals surface area contributed by atoms with Gasteiger partial charge in [-0.2, -0.15) is 4.99 Å². The summed E-state index contributed by atoms with van der Waals surface area (Å²) in [6, 6.07) is 2.77. The van der Waals surface area contributed by atoms with Crippen LogP contribution in [0.5, 0.6) is 0 Å². The minimum atomic E-state index is -0.602. The highest BCUT2D eigenvalue weighted by molar-refractivity contribution is 6.46. The number of nitrogens with zero attached hydrogens (tertiary/aromatic N) is 2. The Hall–Kier alpha value is -2.76. The Kier molecular flexibility index (Phi) is 6.58. The van der Waals surface area contributed by atoms with Crippen LogP contribution in [0.3, 0.4) is 0 Å². The van der Waals surface area contributed by atoms with Crippen LogP contribution in [-0.4, -0.2) is 35.4 Å². The second kappa shape index (κ2) is 8.19. The van der Waals surface area contributed by atoms with Crippen molar-refractivity contribution in [2.75, 3.05) is 12.8 Å². The van der Waals surface area contributed by atoms with Gasteiger partial charge in [-0.25, -0.2) is 4.79 Å². The summed E-state index contributed by atoms with van der Waals surface area (Å²) in [5.41, 5.74) is 8.37. The smallest absolute Gasteiger partial charge is 0.350 e. The zero-order chi connectivity index (χ0) is 18.4. The van der Waals surface area contributed by atoms with Crippen molar-refractivity contribution < 1.29 is 14.4 Å². The van der Waals surface area contributed by atoms with E-state index in [9.17, 15) is 14.4 Å². The second-order valence-electron chi connectivity index (χ2n) is 4.89. The maximum atomic E-state index is 11.9. The van der Waals surface area contributed by atoms with Crippen LogP contribution in [0.4, 0.5) is 10.5 Å². The fraction of sp³-hybridized carbons (Fsp3) is 0.222. The molecule has 0 saturated heterocycles. The summed E-state index contributed by atoms with van der Waals surface area (Å²) in [4.78, 5) is 39.1. The van der Waals surface area contributed by atoms with E-state index in [1.165, 1.54) is 13.1 Å². The number of aliphatic imine (C=N–C) groups is 1. The van der Waals surface area contributed by atoms with E-state index in [1.807, 2.05) is 13.8 Å². The first kappa shape index (κ1) is 19.3. The number of allylic oxidation sites excluding steroid dienone is 1. The topological polar surface area (TPSA) is 92.8 Å². The van der Waals surface area contributed by atoms with Gasteiger partial charge in [0.2, 0.25) is 0 Å². The van der Waals surface area contributed by atoms with Crippen molar-refractivity contribution in [1.82, 2.24) is 4.90 Å².